The number of carbonyl (C=O) groups is 1. The molecule has 2 rings (SSSR count). The van der Waals surface area contributed by atoms with E-state index in [1.54, 1.807) is 0 Å². The van der Waals surface area contributed by atoms with Gasteiger partial charge in [-0.2, -0.15) is 0 Å². The fourth-order valence-corrected chi connectivity index (χ4v) is 2.67. The predicted molar refractivity (Wildman–Crippen MR) is 78.6 cm³/mol. The van der Waals surface area contributed by atoms with Crippen molar-refractivity contribution in [3.05, 3.63) is 34.6 Å². The van der Waals surface area contributed by atoms with Crippen molar-refractivity contribution in [2.75, 3.05) is 13.1 Å². The Balaban J connectivity index is 1.94. The average Bonchev–Trinajstić information content (AvgIpc) is 2.42. The summed E-state index contributed by atoms with van der Waals surface area (Å²) < 4.78 is 13.6. The first kappa shape index (κ1) is 15.3. The van der Waals surface area contributed by atoms with E-state index in [1.807, 2.05) is 0 Å². The number of halogens is 2. The third kappa shape index (κ3) is 3.70. The summed E-state index contributed by atoms with van der Waals surface area (Å²) in [4.78, 5) is 14.5. The van der Waals surface area contributed by atoms with E-state index in [4.69, 9.17) is 11.6 Å². The smallest absolute Gasteiger partial charge is 0.254 e. The fraction of sp³-hybridized carbons (Fsp3) is 0.533. The highest BCUT2D eigenvalue weighted by atomic mass is 35.5. The van der Waals surface area contributed by atoms with Crippen LogP contribution in [0.2, 0.25) is 5.02 Å². The number of piperidine rings is 1. The van der Waals surface area contributed by atoms with E-state index in [-0.39, 0.29) is 17.5 Å². The molecule has 0 radical (unpaired) electrons. The van der Waals surface area contributed by atoms with Crippen LogP contribution in [0.3, 0.4) is 0 Å². The lowest BCUT2D eigenvalue weighted by atomic mass is 10.0. The van der Waals surface area contributed by atoms with E-state index < -0.39 is 5.82 Å². The lowest BCUT2D eigenvalue weighted by Crippen LogP contribution is -2.46. The van der Waals surface area contributed by atoms with E-state index in [9.17, 15) is 9.18 Å². The molecule has 1 amide bonds. The molecule has 0 saturated carbocycles. The Hall–Kier alpha value is -1.13. The third-order valence-corrected chi connectivity index (χ3v) is 4.00. The second-order valence-electron chi connectivity index (χ2n) is 5.50. The summed E-state index contributed by atoms with van der Waals surface area (Å²) in [5.41, 5.74) is 0.0174. The van der Waals surface area contributed by atoms with Crippen molar-refractivity contribution < 1.29 is 9.18 Å². The Morgan fingerprint density at radius 3 is 2.65 bits per heavy atom. The quantitative estimate of drug-likeness (QED) is 0.930. The van der Waals surface area contributed by atoms with Gasteiger partial charge < -0.3 is 10.2 Å². The Bertz CT molecular complexity index is 485. The average molecular weight is 299 g/mol. The highest BCUT2D eigenvalue weighted by molar-refractivity contribution is 6.31. The van der Waals surface area contributed by atoms with Crippen molar-refractivity contribution >= 4 is 17.5 Å². The Morgan fingerprint density at radius 2 is 2.05 bits per heavy atom. The number of hydrogen-bond acceptors (Lipinski definition) is 2. The Kier molecular flexibility index (Phi) is 5.00. The summed E-state index contributed by atoms with van der Waals surface area (Å²) >= 11 is 5.80. The van der Waals surface area contributed by atoms with Crippen molar-refractivity contribution in [3.8, 4) is 0 Å². The topological polar surface area (TPSA) is 32.3 Å². The molecular weight excluding hydrogens is 279 g/mol. The molecule has 1 saturated heterocycles. The van der Waals surface area contributed by atoms with E-state index in [1.165, 1.54) is 18.2 Å². The van der Waals surface area contributed by atoms with Crippen LogP contribution in [0.25, 0.3) is 0 Å². The molecule has 1 aliphatic rings. The van der Waals surface area contributed by atoms with Crippen LogP contribution in [0.5, 0.6) is 0 Å². The van der Waals surface area contributed by atoms with Gasteiger partial charge in [-0.25, -0.2) is 4.39 Å². The number of amides is 1. The maximum Gasteiger partial charge on any atom is 0.254 e. The van der Waals surface area contributed by atoms with Crippen molar-refractivity contribution in [1.82, 2.24) is 10.2 Å². The normalized spacial score (nSPS) is 17.4. The van der Waals surface area contributed by atoms with Gasteiger partial charge in [0.1, 0.15) is 5.82 Å². The monoisotopic (exact) mass is 298 g/mol. The zero-order valence-electron chi connectivity index (χ0n) is 11.8. The third-order valence-electron chi connectivity index (χ3n) is 3.77. The van der Waals surface area contributed by atoms with E-state index in [0.29, 0.717) is 11.1 Å². The lowest BCUT2D eigenvalue weighted by Gasteiger charge is -2.34. The number of nitrogens with zero attached hydrogens (tertiary/aromatic N) is 1. The van der Waals surface area contributed by atoms with Crippen LogP contribution >= 0.6 is 11.6 Å². The molecule has 0 aliphatic carbocycles. The van der Waals surface area contributed by atoms with E-state index >= 15 is 0 Å². The summed E-state index contributed by atoms with van der Waals surface area (Å²) in [6.45, 7) is 6.25. The van der Waals surface area contributed by atoms with E-state index in [2.05, 4.69) is 24.1 Å². The predicted octanol–water partition coefficient (Wildman–Crippen LogP) is 3.08. The molecule has 0 atom stereocenters. The van der Waals surface area contributed by atoms with Crippen LogP contribution in [-0.2, 0) is 0 Å². The summed E-state index contributed by atoms with van der Waals surface area (Å²) in [5, 5.41) is 3.27. The Morgan fingerprint density at radius 1 is 1.40 bits per heavy atom. The molecule has 1 N–H and O–H groups in total. The molecule has 1 aromatic carbocycles. The van der Waals surface area contributed by atoms with Gasteiger partial charge in [0.15, 0.2) is 0 Å². The largest absolute Gasteiger partial charge is 0.349 e. The number of hydrogen-bond donors (Lipinski definition) is 1. The molecule has 110 valence electrons. The second-order valence-corrected chi connectivity index (χ2v) is 5.94. The van der Waals surface area contributed by atoms with Crippen LogP contribution in [0, 0.1) is 5.82 Å². The minimum absolute atomic E-state index is 0.0174. The van der Waals surface area contributed by atoms with Crippen molar-refractivity contribution in [2.24, 2.45) is 0 Å². The van der Waals surface area contributed by atoms with Crippen LogP contribution < -0.4 is 5.32 Å². The molecule has 0 unspecified atom stereocenters. The van der Waals surface area contributed by atoms with E-state index in [0.717, 1.165) is 25.9 Å². The fourth-order valence-electron chi connectivity index (χ4n) is 2.49. The van der Waals surface area contributed by atoms with Gasteiger partial charge in [-0.3, -0.25) is 4.79 Å². The SMILES string of the molecule is CC(C)N1CCC(NC(=O)c2cc(Cl)ccc2F)CC1. The van der Waals surface area contributed by atoms with Crippen molar-refractivity contribution in [1.29, 1.82) is 0 Å². The van der Waals surface area contributed by atoms with Crippen LogP contribution in [0.1, 0.15) is 37.0 Å². The first-order valence-electron chi connectivity index (χ1n) is 6.97. The number of nitrogens with one attached hydrogen (secondary N) is 1. The lowest BCUT2D eigenvalue weighted by molar-refractivity contribution is 0.0896. The summed E-state index contributed by atoms with van der Waals surface area (Å²) in [6.07, 6.45) is 1.79. The Labute approximate surface area is 124 Å². The highest BCUT2D eigenvalue weighted by Crippen LogP contribution is 2.17. The summed E-state index contributed by atoms with van der Waals surface area (Å²) in [6, 6.07) is 4.66. The molecule has 5 heteroatoms. The molecule has 0 bridgehead atoms. The van der Waals surface area contributed by atoms with Gasteiger partial charge in [-0.05, 0) is 44.9 Å². The van der Waals surface area contributed by atoms with Crippen LogP contribution in [0.15, 0.2) is 18.2 Å². The minimum Gasteiger partial charge on any atom is -0.349 e. The van der Waals surface area contributed by atoms with Gasteiger partial charge in [-0.1, -0.05) is 11.6 Å². The molecular formula is C15H20ClFN2O. The zero-order valence-corrected chi connectivity index (χ0v) is 12.6. The molecule has 1 aromatic rings. The maximum atomic E-state index is 13.6. The van der Waals surface area contributed by atoms with Gasteiger partial charge in [0.25, 0.3) is 5.91 Å². The molecule has 0 aromatic heterocycles. The molecule has 3 nitrogen and oxygen atoms in total. The van der Waals surface area contributed by atoms with Gasteiger partial charge in [0.2, 0.25) is 0 Å². The maximum absolute atomic E-state index is 13.6. The zero-order chi connectivity index (χ0) is 14.7. The molecule has 20 heavy (non-hydrogen) atoms. The first-order chi connectivity index (χ1) is 9.47. The van der Waals surface area contributed by atoms with Gasteiger partial charge in [-0.15, -0.1) is 0 Å². The molecule has 1 heterocycles. The number of carbonyl (C=O) groups excluding carboxylic acids is 1. The highest BCUT2D eigenvalue weighted by Gasteiger charge is 2.23. The van der Waals surface area contributed by atoms with Crippen LogP contribution in [-0.4, -0.2) is 36.0 Å². The van der Waals surface area contributed by atoms with Gasteiger partial charge in [0.05, 0.1) is 5.56 Å². The number of likely N-dealkylation sites (tertiary alicyclic amines) is 1. The molecule has 0 spiro atoms. The van der Waals surface area contributed by atoms with Crippen LogP contribution in [0.4, 0.5) is 4.39 Å². The summed E-state index contributed by atoms with van der Waals surface area (Å²) in [7, 11) is 0. The van der Waals surface area contributed by atoms with Crippen molar-refractivity contribution in [2.45, 2.75) is 38.8 Å². The first-order valence-corrected chi connectivity index (χ1v) is 7.35. The molecule has 1 fully saturated rings. The summed E-state index contributed by atoms with van der Waals surface area (Å²) in [5.74, 6) is -0.917. The molecule has 1 aliphatic heterocycles. The van der Waals surface area contributed by atoms with Crippen molar-refractivity contribution in [3.63, 3.8) is 0 Å². The van der Waals surface area contributed by atoms with Gasteiger partial charge in [0, 0.05) is 30.2 Å². The second kappa shape index (κ2) is 6.55. The minimum atomic E-state index is -0.536. The number of rotatable bonds is 3. The number of benzene rings is 1. The standard InChI is InChI=1S/C15H20ClFN2O/c1-10(2)19-7-5-12(6-8-19)18-15(20)13-9-11(16)3-4-14(13)17/h3-4,9-10,12H,5-8H2,1-2H3,(H,18,20). The van der Waals surface area contributed by atoms with Gasteiger partial charge >= 0.3 is 0 Å².